The second-order valence-electron chi connectivity index (χ2n) is 8.45. The summed E-state index contributed by atoms with van der Waals surface area (Å²) in [7, 11) is 0. The Balaban J connectivity index is 1.64. The van der Waals surface area contributed by atoms with Gasteiger partial charge in [-0.15, -0.1) is 11.3 Å². The average Bonchev–Trinajstić information content (AvgIpc) is 3.26. The summed E-state index contributed by atoms with van der Waals surface area (Å²) >= 11 is 1.41. The van der Waals surface area contributed by atoms with E-state index in [1.807, 2.05) is 26.0 Å². The molecule has 1 amide bonds. The standard InChI is InChI=1S/C27H20F3N3O2S/c1-15(22-5-3-4-12-31-22)32-25(34)17-6-11-23-20(13-17)24-16(2)36-14-21(24)26(35)33(23)19-9-7-18(8-10-19)27(28,29)30/h3-15H,1-2H3,(H,32,34)/t15-/m0/s1. The third-order valence-corrected chi connectivity index (χ3v) is 7.02. The van der Waals surface area contributed by atoms with Gasteiger partial charge in [-0.2, -0.15) is 13.2 Å². The van der Waals surface area contributed by atoms with Crippen molar-refractivity contribution in [1.29, 1.82) is 0 Å². The van der Waals surface area contributed by atoms with Crippen LogP contribution >= 0.6 is 11.3 Å². The number of carbonyl (C=O) groups excluding carboxylic acids is 1. The monoisotopic (exact) mass is 507 g/mol. The number of fused-ring (bicyclic) bond motifs is 3. The van der Waals surface area contributed by atoms with E-state index in [4.69, 9.17) is 0 Å². The van der Waals surface area contributed by atoms with E-state index in [9.17, 15) is 22.8 Å². The van der Waals surface area contributed by atoms with Crippen LogP contribution in [0.15, 0.2) is 77.0 Å². The zero-order chi connectivity index (χ0) is 25.6. The van der Waals surface area contributed by atoms with Crippen LogP contribution in [0.4, 0.5) is 13.2 Å². The topological polar surface area (TPSA) is 64.0 Å². The van der Waals surface area contributed by atoms with Gasteiger partial charge in [-0.05, 0) is 68.4 Å². The van der Waals surface area contributed by atoms with Gasteiger partial charge in [-0.25, -0.2) is 0 Å². The Morgan fingerprint density at radius 2 is 1.81 bits per heavy atom. The first kappa shape index (κ1) is 23.7. The number of carbonyl (C=O) groups is 1. The third kappa shape index (κ3) is 4.15. The Kier molecular flexibility index (Phi) is 5.88. The van der Waals surface area contributed by atoms with E-state index >= 15 is 0 Å². The quantitative estimate of drug-likeness (QED) is 0.305. The summed E-state index contributed by atoms with van der Waals surface area (Å²) in [5.41, 5.74) is 0.807. The van der Waals surface area contributed by atoms with Crippen molar-refractivity contribution >= 4 is 38.9 Å². The first-order valence-corrected chi connectivity index (χ1v) is 12.0. The van der Waals surface area contributed by atoms with E-state index in [-0.39, 0.29) is 17.5 Å². The SMILES string of the molecule is Cc1scc2c(=O)n(-c3ccc(C(F)(F)F)cc3)c3ccc(C(=O)N[C@@H](C)c4ccccn4)cc3c12. The lowest BCUT2D eigenvalue weighted by atomic mass is 10.0. The molecule has 5 nitrogen and oxygen atoms in total. The van der Waals surface area contributed by atoms with Crippen LogP contribution in [-0.4, -0.2) is 15.5 Å². The van der Waals surface area contributed by atoms with Gasteiger partial charge in [-0.3, -0.25) is 19.1 Å². The number of aromatic nitrogens is 2. The van der Waals surface area contributed by atoms with Gasteiger partial charge >= 0.3 is 6.18 Å². The first-order chi connectivity index (χ1) is 17.1. The lowest BCUT2D eigenvalue weighted by molar-refractivity contribution is -0.137. The molecule has 0 aliphatic carbocycles. The number of pyridine rings is 2. The van der Waals surface area contributed by atoms with Crippen molar-refractivity contribution in [2.75, 3.05) is 0 Å². The minimum atomic E-state index is -4.48. The molecule has 0 aliphatic heterocycles. The number of aryl methyl sites for hydroxylation is 1. The average molecular weight is 508 g/mol. The van der Waals surface area contributed by atoms with E-state index in [0.717, 1.165) is 28.1 Å². The molecule has 0 aliphatic rings. The molecule has 5 aromatic rings. The van der Waals surface area contributed by atoms with Crippen LogP contribution in [0.2, 0.25) is 0 Å². The molecule has 5 rings (SSSR count). The van der Waals surface area contributed by atoms with Crippen LogP contribution in [0.1, 0.15) is 39.5 Å². The predicted molar refractivity (Wildman–Crippen MR) is 135 cm³/mol. The fourth-order valence-electron chi connectivity index (χ4n) is 4.29. The molecule has 1 atom stereocenters. The normalized spacial score (nSPS) is 12.7. The molecule has 2 aromatic carbocycles. The number of hydrogen-bond acceptors (Lipinski definition) is 4. The van der Waals surface area contributed by atoms with Crippen LogP contribution < -0.4 is 10.9 Å². The fourth-order valence-corrected chi connectivity index (χ4v) is 5.14. The summed E-state index contributed by atoms with van der Waals surface area (Å²) in [6.07, 6.45) is -2.82. The summed E-state index contributed by atoms with van der Waals surface area (Å²) in [4.78, 5) is 31.7. The highest BCUT2D eigenvalue weighted by Gasteiger charge is 2.30. The van der Waals surface area contributed by atoms with E-state index in [2.05, 4.69) is 10.3 Å². The van der Waals surface area contributed by atoms with Gasteiger partial charge in [0.2, 0.25) is 0 Å². The predicted octanol–water partition coefficient (Wildman–Crippen LogP) is 6.42. The fraction of sp³-hybridized carbons (Fsp3) is 0.148. The van der Waals surface area contributed by atoms with Crippen LogP contribution in [0.25, 0.3) is 27.4 Å². The number of benzene rings is 2. The number of nitrogens with one attached hydrogen (secondary N) is 1. The van der Waals surface area contributed by atoms with Gasteiger partial charge in [0.25, 0.3) is 11.5 Å². The van der Waals surface area contributed by atoms with Crippen molar-refractivity contribution < 1.29 is 18.0 Å². The Morgan fingerprint density at radius 1 is 1.06 bits per heavy atom. The number of nitrogens with zero attached hydrogens (tertiary/aromatic N) is 2. The number of thiophene rings is 1. The molecule has 0 unspecified atom stereocenters. The second-order valence-corrected chi connectivity index (χ2v) is 9.53. The molecule has 0 bridgehead atoms. The maximum Gasteiger partial charge on any atom is 0.416 e. The number of alkyl halides is 3. The molecule has 0 fully saturated rings. The Bertz CT molecular complexity index is 1660. The third-order valence-electron chi connectivity index (χ3n) is 6.11. The lowest BCUT2D eigenvalue weighted by Crippen LogP contribution is -2.27. The minimum absolute atomic E-state index is 0.302. The molecule has 3 aromatic heterocycles. The summed E-state index contributed by atoms with van der Waals surface area (Å²) in [6, 6.07) is 14.6. The number of rotatable bonds is 4. The van der Waals surface area contributed by atoms with Gasteiger partial charge in [0.1, 0.15) is 0 Å². The van der Waals surface area contributed by atoms with Crippen molar-refractivity contribution in [1.82, 2.24) is 14.9 Å². The van der Waals surface area contributed by atoms with Crippen LogP contribution in [0.3, 0.4) is 0 Å². The molecule has 0 saturated heterocycles. The van der Waals surface area contributed by atoms with E-state index in [0.29, 0.717) is 27.5 Å². The van der Waals surface area contributed by atoms with Gasteiger partial charge in [0, 0.05) is 38.5 Å². The molecular weight excluding hydrogens is 487 g/mol. The maximum absolute atomic E-state index is 13.4. The Labute approximate surface area is 207 Å². The molecule has 0 radical (unpaired) electrons. The van der Waals surface area contributed by atoms with Crippen molar-refractivity contribution in [2.24, 2.45) is 0 Å². The van der Waals surface area contributed by atoms with Crippen LogP contribution in [0, 0.1) is 6.92 Å². The van der Waals surface area contributed by atoms with Crippen molar-refractivity contribution in [3.8, 4) is 5.69 Å². The summed E-state index contributed by atoms with van der Waals surface area (Å²) < 4.78 is 40.6. The highest BCUT2D eigenvalue weighted by molar-refractivity contribution is 7.11. The van der Waals surface area contributed by atoms with E-state index in [1.54, 1.807) is 35.8 Å². The zero-order valence-corrected chi connectivity index (χ0v) is 20.1. The van der Waals surface area contributed by atoms with Gasteiger partial charge in [-0.1, -0.05) is 6.07 Å². The molecule has 36 heavy (non-hydrogen) atoms. The summed E-state index contributed by atoms with van der Waals surface area (Å²) in [5, 5.41) is 6.53. The molecule has 3 heterocycles. The molecule has 0 saturated carbocycles. The van der Waals surface area contributed by atoms with Gasteiger partial charge in [0.05, 0.1) is 28.2 Å². The van der Waals surface area contributed by atoms with Gasteiger partial charge < -0.3 is 5.32 Å². The molecule has 0 spiro atoms. The highest BCUT2D eigenvalue weighted by Crippen LogP contribution is 2.33. The first-order valence-electron chi connectivity index (χ1n) is 11.1. The maximum atomic E-state index is 13.4. The second kappa shape index (κ2) is 8.91. The van der Waals surface area contributed by atoms with Crippen molar-refractivity contribution in [2.45, 2.75) is 26.1 Å². The Hall–Kier alpha value is -3.98. The van der Waals surface area contributed by atoms with E-state index in [1.165, 1.54) is 28.0 Å². The molecule has 182 valence electrons. The molecule has 1 N–H and O–H groups in total. The number of amides is 1. The number of halogens is 3. The largest absolute Gasteiger partial charge is 0.416 e. The highest BCUT2D eigenvalue weighted by atomic mass is 32.1. The van der Waals surface area contributed by atoms with Crippen molar-refractivity contribution in [3.05, 3.63) is 104 Å². The molecular formula is C27H20F3N3O2S. The number of hydrogen-bond donors (Lipinski definition) is 1. The van der Waals surface area contributed by atoms with E-state index < -0.39 is 11.7 Å². The lowest BCUT2D eigenvalue weighted by Gasteiger charge is -2.16. The van der Waals surface area contributed by atoms with Crippen LogP contribution in [0.5, 0.6) is 0 Å². The smallest absolute Gasteiger partial charge is 0.344 e. The van der Waals surface area contributed by atoms with Crippen LogP contribution in [-0.2, 0) is 6.18 Å². The Morgan fingerprint density at radius 3 is 2.47 bits per heavy atom. The zero-order valence-electron chi connectivity index (χ0n) is 19.3. The minimum Gasteiger partial charge on any atom is -0.344 e. The summed E-state index contributed by atoms with van der Waals surface area (Å²) in [6.45, 7) is 3.73. The van der Waals surface area contributed by atoms with Gasteiger partial charge in [0.15, 0.2) is 0 Å². The molecule has 9 heteroatoms. The summed E-state index contributed by atoms with van der Waals surface area (Å²) in [5.74, 6) is -0.302. The van der Waals surface area contributed by atoms with Crippen molar-refractivity contribution in [3.63, 3.8) is 0 Å².